The van der Waals surface area contributed by atoms with E-state index in [4.69, 9.17) is 19.8 Å². The molecule has 0 bridgehead atoms. The van der Waals surface area contributed by atoms with Gasteiger partial charge in [0.2, 0.25) is 5.91 Å². The Balaban J connectivity index is 1.65. The van der Waals surface area contributed by atoms with Gasteiger partial charge in [0.1, 0.15) is 5.82 Å². The fraction of sp³-hybridized carbons (Fsp3) is 0.500. The molecule has 10 heteroatoms. The SMILES string of the molecule is CCC(=O)N1CCc2c(nc(-c3ccc(NC(=O)NCCO)cc3)nc2N2CCOCC2C)C1. The van der Waals surface area contributed by atoms with Crippen LogP contribution in [0, 0.1) is 0 Å². The van der Waals surface area contributed by atoms with E-state index in [-0.39, 0.29) is 31.1 Å². The van der Waals surface area contributed by atoms with E-state index in [0.29, 0.717) is 44.2 Å². The lowest BCUT2D eigenvalue weighted by molar-refractivity contribution is -0.131. The molecular formula is C24H32N6O4. The fourth-order valence-corrected chi connectivity index (χ4v) is 4.30. The third-order valence-electron chi connectivity index (χ3n) is 6.14. The number of nitrogens with one attached hydrogen (secondary N) is 2. The highest BCUT2D eigenvalue weighted by Gasteiger charge is 2.30. The molecule has 1 fully saturated rings. The van der Waals surface area contributed by atoms with Crippen molar-refractivity contribution in [2.24, 2.45) is 0 Å². The summed E-state index contributed by atoms with van der Waals surface area (Å²) in [7, 11) is 0. The zero-order valence-corrected chi connectivity index (χ0v) is 19.7. The summed E-state index contributed by atoms with van der Waals surface area (Å²) in [5.41, 5.74) is 3.44. The van der Waals surface area contributed by atoms with E-state index in [9.17, 15) is 9.59 Å². The third kappa shape index (κ3) is 5.28. The predicted molar refractivity (Wildman–Crippen MR) is 129 cm³/mol. The fourth-order valence-electron chi connectivity index (χ4n) is 4.30. The molecule has 3 heterocycles. The largest absolute Gasteiger partial charge is 0.395 e. The molecule has 1 aromatic heterocycles. The van der Waals surface area contributed by atoms with Gasteiger partial charge >= 0.3 is 6.03 Å². The van der Waals surface area contributed by atoms with Crippen LogP contribution < -0.4 is 15.5 Å². The molecule has 0 saturated carbocycles. The molecule has 0 spiro atoms. The molecule has 10 nitrogen and oxygen atoms in total. The number of amides is 3. The number of anilines is 2. The lowest BCUT2D eigenvalue weighted by Crippen LogP contribution is -2.45. The number of benzene rings is 1. The monoisotopic (exact) mass is 468 g/mol. The van der Waals surface area contributed by atoms with E-state index in [1.807, 2.05) is 24.0 Å². The summed E-state index contributed by atoms with van der Waals surface area (Å²) in [6.07, 6.45) is 1.20. The smallest absolute Gasteiger partial charge is 0.319 e. The Morgan fingerprint density at radius 2 is 2.00 bits per heavy atom. The Labute approximate surface area is 199 Å². The number of rotatable bonds is 6. The van der Waals surface area contributed by atoms with Crippen LogP contribution in [-0.2, 0) is 22.5 Å². The molecule has 1 saturated heterocycles. The minimum atomic E-state index is -0.379. The van der Waals surface area contributed by atoms with Gasteiger partial charge in [-0.1, -0.05) is 6.92 Å². The summed E-state index contributed by atoms with van der Waals surface area (Å²) in [5, 5.41) is 14.1. The van der Waals surface area contributed by atoms with Crippen LogP contribution in [-0.4, -0.2) is 77.4 Å². The molecule has 1 unspecified atom stereocenters. The molecule has 2 aliphatic rings. The Morgan fingerprint density at radius 1 is 1.21 bits per heavy atom. The normalized spacial score (nSPS) is 17.8. The molecule has 34 heavy (non-hydrogen) atoms. The van der Waals surface area contributed by atoms with Gasteiger partial charge in [-0.05, 0) is 37.6 Å². The molecule has 182 valence electrons. The number of hydrogen-bond donors (Lipinski definition) is 3. The topological polar surface area (TPSA) is 120 Å². The van der Waals surface area contributed by atoms with Gasteiger partial charge in [0, 0.05) is 42.9 Å². The van der Waals surface area contributed by atoms with Gasteiger partial charge in [-0.3, -0.25) is 4.79 Å². The summed E-state index contributed by atoms with van der Waals surface area (Å²) in [6.45, 7) is 7.29. The van der Waals surface area contributed by atoms with E-state index in [1.54, 1.807) is 12.1 Å². The van der Waals surface area contributed by atoms with Crippen LogP contribution in [0.15, 0.2) is 24.3 Å². The first-order valence-electron chi connectivity index (χ1n) is 11.8. The number of carbonyl (C=O) groups excluding carboxylic acids is 2. The zero-order valence-electron chi connectivity index (χ0n) is 19.7. The summed E-state index contributed by atoms with van der Waals surface area (Å²) in [4.78, 5) is 38.2. The minimum Gasteiger partial charge on any atom is -0.395 e. The second kappa shape index (κ2) is 10.8. The van der Waals surface area contributed by atoms with E-state index < -0.39 is 0 Å². The number of fused-ring (bicyclic) bond motifs is 1. The molecule has 0 aliphatic carbocycles. The van der Waals surface area contributed by atoms with Crippen molar-refractivity contribution in [3.05, 3.63) is 35.5 Å². The van der Waals surface area contributed by atoms with Gasteiger partial charge in [-0.25, -0.2) is 14.8 Å². The highest BCUT2D eigenvalue weighted by atomic mass is 16.5. The number of ether oxygens (including phenoxy) is 1. The van der Waals surface area contributed by atoms with Crippen molar-refractivity contribution in [3.63, 3.8) is 0 Å². The molecule has 3 amide bonds. The number of urea groups is 1. The number of nitrogens with zero attached hydrogens (tertiary/aromatic N) is 4. The standard InChI is InChI=1S/C24H32N6O4/c1-3-21(32)29-10-8-19-20(14-29)27-22(28-23(19)30-11-13-34-15-16(30)2)17-4-6-18(7-5-17)26-24(33)25-9-12-31/h4-7,16,31H,3,8-15H2,1-2H3,(H2,25,26,33). The van der Waals surface area contributed by atoms with Crippen molar-refractivity contribution >= 4 is 23.4 Å². The van der Waals surface area contributed by atoms with Gasteiger partial charge in [0.05, 0.1) is 38.1 Å². The van der Waals surface area contributed by atoms with Crippen LogP contribution in [0.3, 0.4) is 0 Å². The predicted octanol–water partition coefficient (Wildman–Crippen LogP) is 1.78. The maximum absolute atomic E-state index is 12.4. The van der Waals surface area contributed by atoms with Gasteiger partial charge in [-0.2, -0.15) is 0 Å². The lowest BCUT2D eigenvalue weighted by Gasteiger charge is -2.37. The molecule has 2 aliphatic heterocycles. The minimum absolute atomic E-state index is 0.118. The number of hydrogen-bond acceptors (Lipinski definition) is 7. The van der Waals surface area contributed by atoms with Crippen LogP contribution in [0.25, 0.3) is 11.4 Å². The molecule has 4 rings (SSSR count). The van der Waals surface area contributed by atoms with Crippen molar-refractivity contribution in [1.29, 1.82) is 0 Å². The van der Waals surface area contributed by atoms with Gasteiger partial charge in [0.15, 0.2) is 5.82 Å². The van der Waals surface area contributed by atoms with Gasteiger partial charge in [-0.15, -0.1) is 0 Å². The number of carbonyl (C=O) groups is 2. The van der Waals surface area contributed by atoms with Crippen LogP contribution in [0.4, 0.5) is 16.3 Å². The van der Waals surface area contributed by atoms with E-state index in [1.165, 1.54) is 0 Å². The summed E-state index contributed by atoms with van der Waals surface area (Å²) < 4.78 is 5.63. The van der Waals surface area contributed by atoms with E-state index >= 15 is 0 Å². The first kappa shape index (κ1) is 23.9. The Kier molecular flexibility index (Phi) is 7.59. The summed E-state index contributed by atoms with van der Waals surface area (Å²) >= 11 is 0. The summed E-state index contributed by atoms with van der Waals surface area (Å²) in [5.74, 6) is 1.64. The zero-order chi connectivity index (χ0) is 24.1. The van der Waals surface area contributed by atoms with Gasteiger partial charge in [0.25, 0.3) is 0 Å². The molecule has 2 aromatic rings. The Morgan fingerprint density at radius 3 is 2.71 bits per heavy atom. The lowest BCUT2D eigenvalue weighted by atomic mass is 10.0. The quantitative estimate of drug-likeness (QED) is 0.591. The molecule has 3 N–H and O–H groups in total. The molecular weight excluding hydrogens is 436 g/mol. The second-order valence-corrected chi connectivity index (χ2v) is 8.51. The van der Waals surface area contributed by atoms with Crippen LogP contribution in [0.5, 0.6) is 0 Å². The molecule has 1 aromatic carbocycles. The van der Waals surface area contributed by atoms with Crippen LogP contribution >= 0.6 is 0 Å². The van der Waals surface area contributed by atoms with Crippen molar-refractivity contribution in [3.8, 4) is 11.4 Å². The maximum Gasteiger partial charge on any atom is 0.319 e. The maximum atomic E-state index is 12.4. The Bertz CT molecular complexity index is 1030. The van der Waals surface area contributed by atoms with E-state index in [2.05, 4.69) is 22.5 Å². The second-order valence-electron chi connectivity index (χ2n) is 8.51. The highest BCUT2D eigenvalue weighted by molar-refractivity contribution is 5.89. The average molecular weight is 469 g/mol. The number of aromatic nitrogens is 2. The van der Waals surface area contributed by atoms with Gasteiger partial charge < -0.3 is 30.3 Å². The number of aliphatic hydroxyl groups is 1. The van der Waals surface area contributed by atoms with Crippen molar-refractivity contribution in [2.75, 3.05) is 49.7 Å². The Hall–Kier alpha value is -3.24. The van der Waals surface area contributed by atoms with Crippen molar-refractivity contribution in [1.82, 2.24) is 20.2 Å². The van der Waals surface area contributed by atoms with Crippen molar-refractivity contribution in [2.45, 2.75) is 39.3 Å². The number of aliphatic hydroxyl groups excluding tert-OH is 1. The average Bonchev–Trinajstić information content (AvgIpc) is 2.86. The first-order valence-corrected chi connectivity index (χ1v) is 11.8. The van der Waals surface area contributed by atoms with Crippen molar-refractivity contribution < 1.29 is 19.4 Å². The molecule has 1 atom stereocenters. The summed E-state index contributed by atoms with van der Waals surface area (Å²) in [6, 6.07) is 7.14. The van der Waals surface area contributed by atoms with Crippen LogP contribution in [0.2, 0.25) is 0 Å². The highest BCUT2D eigenvalue weighted by Crippen LogP contribution is 2.31. The van der Waals surface area contributed by atoms with Crippen LogP contribution in [0.1, 0.15) is 31.5 Å². The first-order chi connectivity index (χ1) is 16.5. The number of morpholine rings is 1. The van der Waals surface area contributed by atoms with E-state index in [0.717, 1.165) is 35.6 Å². The molecule has 0 radical (unpaired) electrons. The third-order valence-corrected chi connectivity index (χ3v) is 6.14.